The average Bonchev–Trinajstić information content (AvgIpc) is 2.86. The van der Waals surface area contributed by atoms with E-state index >= 15 is 0 Å². The number of hydrogen-bond donors (Lipinski definition) is 0. The first kappa shape index (κ1) is 28.2. The van der Waals surface area contributed by atoms with Gasteiger partial charge in [-0.25, -0.2) is 0 Å². The zero-order chi connectivity index (χ0) is 26.4. The van der Waals surface area contributed by atoms with Gasteiger partial charge in [-0.1, -0.05) is 92.5 Å². The maximum absolute atomic E-state index is 6.59. The van der Waals surface area contributed by atoms with Crippen LogP contribution >= 0.6 is 0 Å². The van der Waals surface area contributed by atoms with Crippen molar-refractivity contribution in [3.05, 3.63) is 83.9 Å². The van der Waals surface area contributed by atoms with Crippen LogP contribution < -0.4 is 0 Å². The molecule has 0 N–H and O–H groups in total. The summed E-state index contributed by atoms with van der Waals surface area (Å²) < 4.78 is 38.4. The normalized spacial score (nSPS) is 28.2. The van der Waals surface area contributed by atoms with Gasteiger partial charge in [-0.05, 0) is 25.5 Å². The maximum atomic E-state index is 6.59. The van der Waals surface area contributed by atoms with Crippen LogP contribution in [0.15, 0.2) is 72.8 Å². The summed E-state index contributed by atoms with van der Waals surface area (Å²) in [4.78, 5) is 0. The first-order valence-corrected chi connectivity index (χ1v) is 17.0. The van der Waals surface area contributed by atoms with Crippen LogP contribution in [-0.2, 0) is 35.0 Å². The molecule has 7 heteroatoms. The van der Waals surface area contributed by atoms with Crippen LogP contribution in [0.1, 0.15) is 31.3 Å². The van der Waals surface area contributed by atoms with Gasteiger partial charge in [0.05, 0.1) is 25.9 Å². The Labute approximate surface area is 222 Å². The molecule has 2 aliphatic rings. The minimum Gasteiger partial charge on any atom is -0.368 e. The van der Waals surface area contributed by atoms with E-state index in [2.05, 4.69) is 38.4 Å². The van der Waals surface area contributed by atoms with Gasteiger partial charge in [0, 0.05) is 13.6 Å². The molecule has 4 rings (SSSR count). The molecule has 0 bridgehead atoms. The summed E-state index contributed by atoms with van der Waals surface area (Å²) in [6.45, 7) is 16.5. The Morgan fingerprint density at radius 1 is 0.946 bits per heavy atom. The van der Waals surface area contributed by atoms with Crippen LogP contribution in [0.25, 0.3) is 0 Å². The molecule has 2 aromatic rings. The van der Waals surface area contributed by atoms with Gasteiger partial charge in [-0.3, -0.25) is 0 Å². The summed E-state index contributed by atoms with van der Waals surface area (Å²) in [5, 5.41) is 0. The van der Waals surface area contributed by atoms with Crippen molar-refractivity contribution >= 4 is 8.07 Å². The Balaban J connectivity index is 1.58. The third-order valence-corrected chi connectivity index (χ3v) is 7.87. The molecule has 2 heterocycles. The highest BCUT2D eigenvalue weighted by Gasteiger charge is 2.52. The Morgan fingerprint density at radius 3 is 2.27 bits per heavy atom. The van der Waals surface area contributed by atoms with Crippen molar-refractivity contribution in [3.8, 4) is 0 Å². The monoisotopic (exact) mass is 526 g/mol. The summed E-state index contributed by atoms with van der Waals surface area (Å²) in [6, 6.07) is 21.1. The molecular weight excluding hydrogens is 484 g/mol. The second kappa shape index (κ2) is 12.8. The highest BCUT2D eigenvalue weighted by atomic mass is 28.3. The molecule has 2 fully saturated rings. The van der Waals surface area contributed by atoms with Crippen molar-refractivity contribution in [1.29, 1.82) is 0 Å². The Morgan fingerprint density at radius 2 is 1.62 bits per heavy atom. The Kier molecular flexibility index (Phi) is 9.75. The third-order valence-electron chi connectivity index (χ3n) is 6.31. The van der Waals surface area contributed by atoms with Crippen LogP contribution in [0.3, 0.4) is 0 Å². The first-order chi connectivity index (χ1) is 17.7. The van der Waals surface area contributed by atoms with Crippen LogP contribution in [-0.4, -0.2) is 58.1 Å². The van der Waals surface area contributed by atoms with E-state index in [1.165, 1.54) is 0 Å². The van der Waals surface area contributed by atoms with Crippen LogP contribution in [0.2, 0.25) is 25.7 Å². The average molecular weight is 527 g/mol. The van der Waals surface area contributed by atoms with E-state index in [-0.39, 0.29) is 18.3 Å². The highest BCUT2D eigenvalue weighted by molar-refractivity contribution is 6.76. The van der Waals surface area contributed by atoms with Gasteiger partial charge in [-0.2, -0.15) is 0 Å². The lowest BCUT2D eigenvalue weighted by Crippen LogP contribution is -2.64. The zero-order valence-electron chi connectivity index (χ0n) is 22.8. The number of rotatable bonds is 11. The van der Waals surface area contributed by atoms with Crippen molar-refractivity contribution in [2.24, 2.45) is 0 Å². The summed E-state index contributed by atoms with van der Waals surface area (Å²) >= 11 is 0. The van der Waals surface area contributed by atoms with Gasteiger partial charge in [0.2, 0.25) is 0 Å². The fourth-order valence-electron chi connectivity index (χ4n) is 4.85. The summed E-state index contributed by atoms with van der Waals surface area (Å²) in [7, 11) is -1.32. The molecule has 202 valence electrons. The molecule has 0 aliphatic carbocycles. The molecule has 6 atom stereocenters. The van der Waals surface area contributed by atoms with Crippen molar-refractivity contribution in [3.63, 3.8) is 0 Å². The topological polar surface area (TPSA) is 55.4 Å². The maximum Gasteiger partial charge on any atom is 0.187 e. The van der Waals surface area contributed by atoms with Gasteiger partial charge < -0.3 is 28.4 Å². The smallest absolute Gasteiger partial charge is 0.187 e. The lowest BCUT2D eigenvalue weighted by Gasteiger charge is -2.49. The second-order valence-electron chi connectivity index (χ2n) is 11.4. The molecule has 2 aromatic carbocycles. The molecule has 1 unspecified atom stereocenters. The third kappa shape index (κ3) is 8.07. The fourth-order valence-corrected chi connectivity index (χ4v) is 6.45. The van der Waals surface area contributed by atoms with E-state index in [1.807, 2.05) is 62.4 Å². The van der Waals surface area contributed by atoms with Gasteiger partial charge in [0.1, 0.15) is 24.4 Å². The molecule has 37 heavy (non-hydrogen) atoms. The van der Waals surface area contributed by atoms with Gasteiger partial charge in [0.15, 0.2) is 12.6 Å². The Bertz CT molecular complexity index is 977. The molecule has 0 aromatic heterocycles. The molecule has 0 amide bonds. The van der Waals surface area contributed by atoms with Crippen LogP contribution in [0.4, 0.5) is 0 Å². The minimum absolute atomic E-state index is 0.0462. The SMILES string of the molecule is C=C(CO[C@@H]1[C@H](OC(C)C)O[C@@H]2COC(c3ccccc3)O[C@H]2[C@@H]1OCc1ccccc1)C[Si](C)(C)C. The number of hydrogen-bond acceptors (Lipinski definition) is 6. The molecular formula is C30H42O6Si. The zero-order valence-corrected chi connectivity index (χ0v) is 23.8. The van der Waals surface area contributed by atoms with E-state index in [0.717, 1.165) is 22.7 Å². The molecule has 0 radical (unpaired) electrons. The first-order valence-electron chi connectivity index (χ1n) is 13.3. The molecule has 0 saturated carbocycles. The van der Waals surface area contributed by atoms with Crippen molar-refractivity contribution in [2.75, 3.05) is 13.2 Å². The number of ether oxygens (including phenoxy) is 6. The molecule has 6 nitrogen and oxygen atoms in total. The van der Waals surface area contributed by atoms with Gasteiger partial charge in [-0.15, -0.1) is 0 Å². The van der Waals surface area contributed by atoms with Crippen LogP contribution in [0.5, 0.6) is 0 Å². The van der Waals surface area contributed by atoms with Crippen LogP contribution in [0, 0.1) is 0 Å². The number of fused-ring (bicyclic) bond motifs is 1. The lowest BCUT2D eigenvalue weighted by molar-refractivity contribution is -0.374. The molecule has 2 saturated heterocycles. The van der Waals surface area contributed by atoms with E-state index < -0.39 is 32.9 Å². The van der Waals surface area contributed by atoms with Crippen molar-refractivity contribution < 1.29 is 28.4 Å². The van der Waals surface area contributed by atoms with E-state index in [9.17, 15) is 0 Å². The Hall–Kier alpha value is -1.84. The quantitative estimate of drug-likeness (QED) is 0.260. The highest BCUT2D eigenvalue weighted by Crippen LogP contribution is 2.37. The van der Waals surface area contributed by atoms with Gasteiger partial charge >= 0.3 is 0 Å². The standard InChI is InChI=1S/C30H42O6Si/c1-21(2)34-30-28(31-17-22(3)20-37(4,5)6)27(32-18-23-13-9-7-10-14-23)26-25(35-30)19-33-29(36-26)24-15-11-8-12-16-24/h7-16,21,25-30H,3,17-20H2,1-2,4-6H3/t25-,26-,27+,28+,29?,30-/m1/s1. The predicted octanol–water partition coefficient (Wildman–Crippen LogP) is 6.12. The van der Waals surface area contributed by atoms with Gasteiger partial charge in [0.25, 0.3) is 0 Å². The van der Waals surface area contributed by atoms with E-state index in [0.29, 0.717) is 19.8 Å². The largest absolute Gasteiger partial charge is 0.368 e. The molecule has 0 spiro atoms. The second-order valence-corrected chi connectivity index (χ2v) is 16.9. The predicted molar refractivity (Wildman–Crippen MR) is 147 cm³/mol. The summed E-state index contributed by atoms with van der Waals surface area (Å²) in [5.74, 6) is 0. The minimum atomic E-state index is -1.32. The van der Waals surface area contributed by atoms with Crippen molar-refractivity contribution in [2.45, 2.75) is 89.2 Å². The van der Waals surface area contributed by atoms with Crippen molar-refractivity contribution in [1.82, 2.24) is 0 Å². The van der Waals surface area contributed by atoms with E-state index in [1.54, 1.807) is 0 Å². The fraction of sp³-hybridized carbons (Fsp3) is 0.533. The molecule has 2 aliphatic heterocycles. The summed E-state index contributed by atoms with van der Waals surface area (Å²) in [5.41, 5.74) is 3.13. The summed E-state index contributed by atoms with van der Waals surface area (Å²) in [6.07, 6.45) is -2.78. The van der Waals surface area contributed by atoms with E-state index in [4.69, 9.17) is 28.4 Å². The lowest BCUT2D eigenvalue weighted by atomic mass is 9.97. The number of benzene rings is 2.